The van der Waals surface area contributed by atoms with Crippen molar-refractivity contribution >= 4 is 46.2 Å². The van der Waals surface area contributed by atoms with Crippen molar-refractivity contribution < 1.29 is 14.1 Å². The maximum absolute atomic E-state index is 13.3. The van der Waals surface area contributed by atoms with Crippen molar-refractivity contribution in [3.8, 4) is 16.9 Å². The smallest absolute Gasteiger partial charge is 0.258 e. The number of carbonyl (C=O) groups excluding carboxylic acids is 1. The van der Waals surface area contributed by atoms with Gasteiger partial charge in [0, 0.05) is 18.7 Å². The molecule has 1 fully saturated rings. The summed E-state index contributed by atoms with van der Waals surface area (Å²) in [7, 11) is 1.99. The van der Waals surface area contributed by atoms with Gasteiger partial charge in [0.1, 0.15) is 18.3 Å². The first-order chi connectivity index (χ1) is 17.1. The Balaban J connectivity index is 1.39. The lowest BCUT2D eigenvalue weighted by Crippen LogP contribution is -2.44. The van der Waals surface area contributed by atoms with Gasteiger partial charge in [0.05, 0.1) is 23.9 Å². The Bertz CT molecular complexity index is 1350. The van der Waals surface area contributed by atoms with Crippen LogP contribution in [0, 0.1) is 13.5 Å². The number of hydrogen-bond donors (Lipinski definition) is 0. The molecule has 2 heterocycles. The highest BCUT2D eigenvalue weighted by Gasteiger charge is 2.49. The maximum Gasteiger partial charge on any atom is 0.258 e. The molecule has 1 aliphatic heterocycles. The molecule has 4 rings (SSSR count). The molecule has 6 nitrogen and oxygen atoms in total. The van der Waals surface area contributed by atoms with Gasteiger partial charge in [-0.05, 0) is 74.3 Å². The summed E-state index contributed by atoms with van der Waals surface area (Å²) in [6.07, 6.45) is 4.74. The fourth-order valence-electron chi connectivity index (χ4n) is 4.26. The molecule has 184 valence electrons. The average Bonchev–Trinajstić information content (AvgIpc) is 3.03. The fraction of sp³-hybridized carbons (Fsp3) is 0.286. The van der Waals surface area contributed by atoms with Gasteiger partial charge in [0.25, 0.3) is 5.91 Å². The van der Waals surface area contributed by atoms with Gasteiger partial charge in [-0.25, -0.2) is 9.41 Å². The molecule has 2 aromatic carbocycles. The van der Waals surface area contributed by atoms with Crippen molar-refractivity contribution in [3.63, 3.8) is 0 Å². The van der Waals surface area contributed by atoms with Crippen molar-refractivity contribution in [2.75, 3.05) is 18.1 Å². The van der Waals surface area contributed by atoms with Crippen LogP contribution in [0.15, 0.2) is 60.9 Å². The van der Waals surface area contributed by atoms with Crippen LogP contribution in [0.3, 0.4) is 0 Å². The lowest BCUT2D eigenvalue weighted by Gasteiger charge is -2.29. The summed E-state index contributed by atoms with van der Waals surface area (Å²) in [5.41, 5.74) is 3.11. The summed E-state index contributed by atoms with van der Waals surface area (Å²) in [5.74, 6) is 0.680. The van der Waals surface area contributed by atoms with Gasteiger partial charge < -0.3 is 9.64 Å². The van der Waals surface area contributed by atoms with Crippen LogP contribution in [0.1, 0.15) is 25.8 Å². The quantitative estimate of drug-likeness (QED) is 0.169. The van der Waals surface area contributed by atoms with E-state index >= 15 is 0 Å². The molecule has 0 N–H and O–H groups in total. The largest absolute Gasteiger partial charge is 0.494 e. The van der Waals surface area contributed by atoms with Gasteiger partial charge in [0.2, 0.25) is 5.69 Å². The lowest BCUT2D eigenvalue weighted by molar-refractivity contribution is -0.671. The van der Waals surface area contributed by atoms with Gasteiger partial charge in [-0.2, -0.15) is 0 Å². The standard InChI is InChI=1S/C28H28ClN4O2S/c1-19-24(12-11-23(30-4)25(19)29)33-26(34)28(2,3)32(27(33)36)15-6-18-35-22-9-7-20(8-10-22)21-13-16-31(5)17-14-21/h7-14,16-17H,6,15,18H2,1-3,5H3/q+1. The number of ether oxygens (including phenoxy) is 1. The van der Waals surface area contributed by atoms with E-state index < -0.39 is 5.54 Å². The number of nitrogens with zero attached hydrogens (tertiary/aromatic N) is 4. The van der Waals surface area contributed by atoms with E-state index in [0.29, 0.717) is 46.6 Å². The molecular formula is C28H28ClN4O2S+. The highest BCUT2D eigenvalue weighted by Crippen LogP contribution is 2.39. The number of aromatic nitrogens is 1. The predicted octanol–water partition coefficient (Wildman–Crippen LogP) is 5.87. The second kappa shape index (κ2) is 10.3. The highest BCUT2D eigenvalue weighted by atomic mass is 35.5. The first-order valence-corrected chi connectivity index (χ1v) is 12.4. The van der Waals surface area contributed by atoms with Gasteiger partial charge in [-0.3, -0.25) is 9.69 Å². The van der Waals surface area contributed by atoms with E-state index in [2.05, 4.69) is 17.0 Å². The van der Waals surface area contributed by atoms with E-state index in [-0.39, 0.29) is 5.91 Å². The maximum atomic E-state index is 13.3. The number of thiocarbonyl (C=S) groups is 1. The first kappa shape index (κ1) is 25.6. The molecule has 1 saturated heterocycles. The number of rotatable bonds is 7. The van der Waals surface area contributed by atoms with E-state index in [9.17, 15) is 4.79 Å². The Labute approximate surface area is 222 Å². The summed E-state index contributed by atoms with van der Waals surface area (Å²) >= 11 is 12.1. The normalized spacial score (nSPS) is 14.8. The number of amides is 1. The molecule has 1 aromatic heterocycles. The van der Waals surface area contributed by atoms with Crippen LogP contribution in [0.25, 0.3) is 16.0 Å². The predicted molar refractivity (Wildman–Crippen MR) is 146 cm³/mol. The molecule has 0 unspecified atom stereocenters. The third-order valence-electron chi connectivity index (χ3n) is 6.48. The van der Waals surface area contributed by atoms with Crippen molar-refractivity contribution in [2.45, 2.75) is 32.7 Å². The number of benzene rings is 2. The number of pyridine rings is 1. The fourth-order valence-corrected chi connectivity index (χ4v) is 4.97. The SMILES string of the molecule is [C-]#[N+]c1ccc(N2C(=O)C(C)(C)N(CCCOc3ccc(-c4cc[n+](C)cc4)cc3)C2=S)c(C)c1Cl. The van der Waals surface area contributed by atoms with Crippen LogP contribution in [0.4, 0.5) is 11.4 Å². The van der Waals surface area contributed by atoms with E-state index in [1.54, 1.807) is 19.1 Å². The van der Waals surface area contributed by atoms with Crippen LogP contribution >= 0.6 is 23.8 Å². The van der Waals surface area contributed by atoms with Crippen molar-refractivity contribution in [1.82, 2.24) is 4.90 Å². The van der Waals surface area contributed by atoms with Crippen LogP contribution in [-0.4, -0.2) is 34.6 Å². The average molecular weight is 520 g/mol. The molecule has 0 aliphatic carbocycles. The molecule has 0 radical (unpaired) electrons. The zero-order valence-corrected chi connectivity index (χ0v) is 22.4. The minimum absolute atomic E-state index is 0.117. The molecule has 1 amide bonds. The van der Waals surface area contributed by atoms with E-state index in [1.807, 2.05) is 67.0 Å². The van der Waals surface area contributed by atoms with Crippen molar-refractivity contribution in [2.24, 2.45) is 7.05 Å². The van der Waals surface area contributed by atoms with Crippen molar-refractivity contribution in [3.05, 3.63) is 82.9 Å². The van der Waals surface area contributed by atoms with Gasteiger partial charge in [-0.15, -0.1) is 0 Å². The van der Waals surface area contributed by atoms with Gasteiger partial charge in [-0.1, -0.05) is 29.8 Å². The number of halogens is 1. The van der Waals surface area contributed by atoms with Crippen LogP contribution in [-0.2, 0) is 11.8 Å². The molecule has 0 spiro atoms. The molecular weight excluding hydrogens is 492 g/mol. The Kier molecular flexibility index (Phi) is 7.30. The molecule has 8 heteroatoms. The van der Waals surface area contributed by atoms with E-state index in [4.69, 9.17) is 35.1 Å². The third-order valence-corrected chi connectivity index (χ3v) is 7.36. The van der Waals surface area contributed by atoms with E-state index in [0.717, 1.165) is 16.9 Å². The zero-order chi connectivity index (χ0) is 26.0. The molecule has 3 aromatic rings. The Morgan fingerprint density at radius 1 is 1.08 bits per heavy atom. The topological polar surface area (TPSA) is 41.0 Å². The third kappa shape index (κ3) is 4.79. The second-order valence-corrected chi connectivity index (χ2v) is 10.0. The zero-order valence-electron chi connectivity index (χ0n) is 20.8. The molecule has 36 heavy (non-hydrogen) atoms. The van der Waals surface area contributed by atoms with Crippen LogP contribution in [0.2, 0.25) is 5.02 Å². The number of carbonyl (C=O) groups is 1. The number of hydrogen-bond acceptors (Lipinski definition) is 3. The van der Waals surface area contributed by atoms with Gasteiger partial charge in [0.15, 0.2) is 17.5 Å². The second-order valence-electron chi connectivity index (χ2n) is 9.27. The minimum atomic E-state index is -0.803. The number of anilines is 1. The summed E-state index contributed by atoms with van der Waals surface area (Å²) in [6, 6.07) is 15.6. The monoisotopic (exact) mass is 519 g/mol. The minimum Gasteiger partial charge on any atom is -0.494 e. The molecule has 1 aliphatic rings. The van der Waals surface area contributed by atoms with Gasteiger partial charge >= 0.3 is 0 Å². The molecule has 0 bridgehead atoms. The van der Waals surface area contributed by atoms with E-state index in [1.165, 1.54) is 4.90 Å². The summed E-state index contributed by atoms with van der Waals surface area (Å²) in [4.78, 5) is 20.3. The van der Waals surface area contributed by atoms with Crippen LogP contribution < -0.4 is 14.2 Å². The highest BCUT2D eigenvalue weighted by molar-refractivity contribution is 7.80. The van der Waals surface area contributed by atoms with Crippen molar-refractivity contribution in [1.29, 1.82) is 0 Å². The lowest BCUT2D eigenvalue weighted by atomic mass is 10.0. The summed E-state index contributed by atoms with van der Waals surface area (Å²) in [6.45, 7) is 13.9. The Morgan fingerprint density at radius 3 is 2.36 bits per heavy atom. The van der Waals surface area contributed by atoms with Crippen LogP contribution in [0.5, 0.6) is 5.75 Å². The molecule has 0 atom stereocenters. The molecule has 0 saturated carbocycles. The summed E-state index contributed by atoms with van der Waals surface area (Å²) in [5, 5.41) is 0.774. The number of aryl methyl sites for hydroxylation is 1. The summed E-state index contributed by atoms with van der Waals surface area (Å²) < 4.78 is 7.96. The first-order valence-electron chi connectivity index (χ1n) is 11.7. The Hall–Kier alpha value is -3.47. The Morgan fingerprint density at radius 2 is 1.72 bits per heavy atom.